The maximum absolute atomic E-state index is 12.8. The number of carbonyl (C=O) groups excluding carboxylic acids is 1. The van der Waals surface area contributed by atoms with E-state index in [9.17, 15) is 4.79 Å². The summed E-state index contributed by atoms with van der Waals surface area (Å²) in [6.07, 6.45) is 2.33. The molecular weight excluding hydrogens is 352 g/mol. The highest BCUT2D eigenvalue weighted by Crippen LogP contribution is 2.24. The second-order valence-electron chi connectivity index (χ2n) is 6.03. The summed E-state index contributed by atoms with van der Waals surface area (Å²) in [5.41, 5.74) is 0.654. The fraction of sp³-hybridized carbons (Fsp3) is 0.562. The first-order valence-electron chi connectivity index (χ1n) is 7.45. The Kier molecular flexibility index (Phi) is 6.08. The van der Waals surface area contributed by atoms with Gasteiger partial charge in [0.1, 0.15) is 0 Å². The first kappa shape index (κ1) is 16.8. The van der Waals surface area contributed by atoms with Crippen LogP contribution in [0.15, 0.2) is 22.7 Å². The SMILES string of the molecule is CC(C)CN(CC1CCCN1)C(=O)c1ccc(Br)c(Cl)c1. The Hall–Kier alpha value is -0.580. The minimum Gasteiger partial charge on any atom is -0.337 e. The molecule has 0 saturated carbocycles. The van der Waals surface area contributed by atoms with Crippen LogP contribution in [0.2, 0.25) is 5.02 Å². The van der Waals surface area contributed by atoms with Gasteiger partial charge in [0.05, 0.1) is 5.02 Å². The molecule has 1 unspecified atom stereocenters. The molecule has 0 aromatic heterocycles. The number of nitrogens with one attached hydrogen (secondary N) is 1. The summed E-state index contributed by atoms with van der Waals surface area (Å²) in [7, 11) is 0. The Labute approximate surface area is 140 Å². The lowest BCUT2D eigenvalue weighted by Gasteiger charge is -2.27. The highest BCUT2D eigenvalue weighted by atomic mass is 79.9. The molecule has 21 heavy (non-hydrogen) atoms. The van der Waals surface area contributed by atoms with Crippen molar-refractivity contribution in [2.45, 2.75) is 32.7 Å². The van der Waals surface area contributed by atoms with Crippen LogP contribution in [0.5, 0.6) is 0 Å². The van der Waals surface area contributed by atoms with Crippen molar-refractivity contribution in [3.05, 3.63) is 33.3 Å². The fourth-order valence-electron chi connectivity index (χ4n) is 2.67. The molecule has 1 amide bonds. The summed E-state index contributed by atoms with van der Waals surface area (Å²) in [4.78, 5) is 14.7. The molecule has 116 valence electrons. The molecule has 1 aliphatic rings. The number of halogens is 2. The van der Waals surface area contributed by atoms with E-state index in [1.54, 1.807) is 6.07 Å². The van der Waals surface area contributed by atoms with Gasteiger partial charge in [-0.2, -0.15) is 0 Å². The van der Waals surface area contributed by atoms with Crippen LogP contribution in [0.4, 0.5) is 0 Å². The Morgan fingerprint density at radius 3 is 2.86 bits per heavy atom. The lowest BCUT2D eigenvalue weighted by Crippen LogP contribution is -2.42. The molecular formula is C16H22BrClN2O. The first-order valence-corrected chi connectivity index (χ1v) is 8.62. The normalized spacial score (nSPS) is 18.2. The zero-order valence-corrected chi connectivity index (χ0v) is 14.9. The Morgan fingerprint density at radius 2 is 2.29 bits per heavy atom. The van der Waals surface area contributed by atoms with Crippen LogP contribution in [0.25, 0.3) is 0 Å². The number of hydrogen-bond donors (Lipinski definition) is 1. The van der Waals surface area contributed by atoms with Crippen LogP contribution in [0, 0.1) is 5.92 Å². The highest BCUT2D eigenvalue weighted by molar-refractivity contribution is 9.10. The van der Waals surface area contributed by atoms with E-state index in [2.05, 4.69) is 35.1 Å². The largest absolute Gasteiger partial charge is 0.337 e. The van der Waals surface area contributed by atoms with Crippen molar-refractivity contribution in [1.29, 1.82) is 0 Å². The second kappa shape index (κ2) is 7.61. The van der Waals surface area contributed by atoms with Gasteiger partial charge in [0.2, 0.25) is 0 Å². The van der Waals surface area contributed by atoms with E-state index in [0.29, 0.717) is 22.5 Å². The summed E-state index contributed by atoms with van der Waals surface area (Å²) in [6, 6.07) is 5.81. The predicted molar refractivity (Wildman–Crippen MR) is 90.9 cm³/mol. The summed E-state index contributed by atoms with van der Waals surface area (Å²) >= 11 is 9.47. The third-order valence-electron chi connectivity index (χ3n) is 3.64. The van der Waals surface area contributed by atoms with Crippen LogP contribution < -0.4 is 5.32 Å². The third kappa shape index (κ3) is 4.70. The minimum absolute atomic E-state index is 0.0619. The molecule has 1 saturated heterocycles. The van der Waals surface area contributed by atoms with Gasteiger partial charge in [0.25, 0.3) is 5.91 Å². The maximum atomic E-state index is 12.8. The molecule has 0 bridgehead atoms. The van der Waals surface area contributed by atoms with Crippen molar-refractivity contribution in [3.63, 3.8) is 0 Å². The van der Waals surface area contributed by atoms with E-state index >= 15 is 0 Å². The fourth-order valence-corrected chi connectivity index (χ4v) is 3.10. The van der Waals surface area contributed by atoms with Gasteiger partial charge >= 0.3 is 0 Å². The third-order valence-corrected chi connectivity index (χ3v) is 4.87. The van der Waals surface area contributed by atoms with Crippen LogP contribution in [0.1, 0.15) is 37.0 Å². The first-order chi connectivity index (χ1) is 9.97. The van der Waals surface area contributed by atoms with Crippen LogP contribution >= 0.6 is 27.5 Å². The average molecular weight is 374 g/mol. The second-order valence-corrected chi connectivity index (χ2v) is 7.29. The molecule has 1 N–H and O–H groups in total. The molecule has 0 radical (unpaired) electrons. The van der Waals surface area contributed by atoms with Crippen LogP contribution in [0.3, 0.4) is 0 Å². The molecule has 1 atom stereocenters. The summed E-state index contributed by atoms with van der Waals surface area (Å²) < 4.78 is 0.814. The number of rotatable bonds is 5. The van der Waals surface area contributed by atoms with E-state index in [1.165, 1.54) is 6.42 Å². The Balaban J connectivity index is 2.13. The van der Waals surface area contributed by atoms with Crippen LogP contribution in [-0.4, -0.2) is 36.5 Å². The molecule has 1 aromatic rings. The minimum atomic E-state index is 0.0619. The number of amides is 1. The van der Waals surface area contributed by atoms with Crippen molar-refractivity contribution in [2.75, 3.05) is 19.6 Å². The maximum Gasteiger partial charge on any atom is 0.253 e. The monoisotopic (exact) mass is 372 g/mol. The zero-order chi connectivity index (χ0) is 15.4. The van der Waals surface area contributed by atoms with Crippen molar-refractivity contribution in [1.82, 2.24) is 10.2 Å². The standard InChI is InChI=1S/C16H22BrClN2O/c1-11(2)9-20(10-13-4-3-7-19-13)16(21)12-5-6-14(17)15(18)8-12/h5-6,8,11,13,19H,3-4,7,9-10H2,1-2H3. The Bertz CT molecular complexity index is 501. The smallest absolute Gasteiger partial charge is 0.253 e. The lowest BCUT2D eigenvalue weighted by atomic mass is 10.1. The van der Waals surface area contributed by atoms with E-state index in [0.717, 1.165) is 30.5 Å². The molecule has 0 spiro atoms. The van der Waals surface area contributed by atoms with Crippen molar-refractivity contribution < 1.29 is 4.79 Å². The molecule has 1 aromatic carbocycles. The number of carbonyl (C=O) groups is 1. The Morgan fingerprint density at radius 1 is 1.52 bits per heavy atom. The summed E-state index contributed by atoms with van der Waals surface area (Å²) in [5, 5.41) is 4.03. The highest BCUT2D eigenvalue weighted by Gasteiger charge is 2.23. The summed E-state index contributed by atoms with van der Waals surface area (Å²) in [6.45, 7) is 6.86. The molecule has 1 heterocycles. The van der Waals surface area contributed by atoms with Crippen molar-refractivity contribution in [3.8, 4) is 0 Å². The van der Waals surface area contributed by atoms with E-state index in [4.69, 9.17) is 11.6 Å². The van der Waals surface area contributed by atoms with Gasteiger partial charge in [-0.25, -0.2) is 0 Å². The van der Waals surface area contributed by atoms with Crippen molar-refractivity contribution in [2.24, 2.45) is 5.92 Å². The molecule has 1 fully saturated rings. The van der Waals surface area contributed by atoms with Gasteiger partial charge in [0, 0.05) is 29.2 Å². The van der Waals surface area contributed by atoms with Crippen LogP contribution in [-0.2, 0) is 0 Å². The average Bonchev–Trinajstić information content (AvgIpc) is 2.93. The lowest BCUT2D eigenvalue weighted by molar-refractivity contribution is 0.0721. The number of benzene rings is 1. The molecule has 3 nitrogen and oxygen atoms in total. The topological polar surface area (TPSA) is 32.3 Å². The van der Waals surface area contributed by atoms with Gasteiger partial charge in [-0.3, -0.25) is 4.79 Å². The predicted octanol–water partition coefficient (Wildman–Crippen LogP) is 3.95. The van der Waals surface area contributed by atoms with E-state index < -0.39 is 0 Å². The van der Waals surface area contributed by atoms with Gasteiger partial charge in [-0.05, 0) is 59.4 Å². The zero-order valence-electron chi connectivity index (χ0n) is 12.5. The molecule has 5 heteroatoms. The van der Waals surface area contributed by atoms with Gasteiger partial charge < -0.3 is 10.2 Å². The quantitative estimate of drug-likeness (QED) is 0.847. The number of nitrogens with zero attached hydrogens (tertiary/aromatic N) is 1. The summed E-state index contributed by atoms with van der Waals surface area (Å²) in [5.74, 6) is 0.507. The van der Waals surface area contributed by atoms with Crippen molar-refractivity contribution >= 4 is 33.4 Å². The van der Waals surface area contributed by atoms with Gasteiger partial charge in [-0.1, -0.05) is 25.4 Å². The van der Waals surface area contributed by atoms with E-state index in [-0.39, 0.29) is 5.91 Å². The van der Waals surface area contributed by atoms with E-state index in [1.807, 2.05) is 17.0 Å². The molecule has 2 rings (SSSR count). The molecule has 0 aliphatic carbocycles. The van der Waals surface area contributed by atoms with Gasteiger partial charge in [0.15, 0.2) is 0 Å². The number of hydrogen-bond acceptors (Lipinski definition) is 2. The van der Waals surface area contributed by atoms with Gasteiger partial charge in [-0.15, -0.1) is 0 Å². The molecule has 1 aliphatic heterocycles.